The quantitative estimate of drug-likeness (QED) is 0.554. The molecule has 0 N–H and O–H groups in total. The Kier molecular flexibility index (Phi) is 5.37. The molecule has 118 valence electrons. The fraction of sp³-hybridized carbons (Fsp3) is 0.812. The maximum absolute atomic E-state index is 12.0. The van der Waals surface area contributed by atoms with Gasteiger partial charge in [0.25, 0.3) is 0 Å². The molecule has 1 unspecified atom stereocenters. The highest BCUT2D eigenvalue weighted by Gasteiger charge is 2.34. The van der Waals surface area contributed by atoms with Gasteiger partial charge >= 0.3 is 0 Å². The first kappa shape index (κ1) is 16.0. The van der Waals surface area contributed by atoms with Crippen molar-refractivity contribution in [3.05, 3.63) is 0 Å². The molecule has 5 nitrogen and oxygen atoms in total. The molecule has 2 fully saturated rings. The van der Waals surface area contributed by atoms with E-state index >= 15 is 0 Å². The van der Waals surface area contributed by atoms with Gasteiger partial charge in [0.2, 0.25) is 17.7 Å². The van der Waals surface area contributed by atoms with Crippen molar-refractivity contribution in [2.24, 2.45) is 11.8 Å². The summed E-state index contributed by atoms with van der Waals surface area (Å²) in [5, 5.41) is 0. The minimum Gasteiger partial charge on any atom is -0.342 e. The van der Waals surface area contributed by atoms with Gasteiger partial charge in [-0.1, -0.05) is 20.3 Å². The third kappa shape index (κ3) is 4.05. The van der Waals surface area contributed by atoms with Crippen LogP contribution in [-0.4, -0.2) is 47.2 Å². The molecule has 0 aliphatic carbocycles. The van der Waals surface area contributed by atoms with Gasteiger partial charge in [-0.25, -0.2) is 0 Å². The standard InChI is InChI=1S/C16H26N2O3/c1-12-7-9-17(11-12)14(19)6-4-3-5-8-18-15(20)10-13(2)16(18)21/h12-13H,3-11H2,1-2H3/t12-,13?/m0/s1. The van der Waals surface area contributed by atoms with Crippen molar-refractivity contribution in [1.82, 2.24) is 9.80 Å². The zero-order chi connectivity index (χ0) is 15.4. The molecular weight excluding hydrogens is 268 g/mol. The van der Waals surface area contributed by atoms with Gasteiger partial charge < -0.3 is 4.90 Å². The smallest absolute Gasteiger partial charge is 0.232 e. The molecule has 2 rings (SSSR count). The second kappa shape index (κ2) is 7.05. The molecule has 0 aromatic carbocycles. The zero-order valence-electron chi connectivity index (χ0n) is 13.1. The molecular formula is C16H26N2O3. The van der Waals surface area contributed by atoms with Crippen molar-refractivity contribution in [2.45, 2.75) is 52.4 Å². The Morgan fingerprint density at radius 1 is 1.19 bits per heavy atom. The first-order valence-electron chi connectivity index (χ1n) is 8.11. The van der Waals surface area contributed by atoms with Crippen LogP contribution in [0, 0.1) is 11.8 Å². The number of amides is 3. The summed E-state index contributed by atoms with van der Waals surface area (Å²) in [5.41, 5.74) is 0. The van der Waals surface area contributed by atoms with E-state index in [1.807, 2.05) is 4.90 Å². The number of imide groups is 1. The summed E-state index contributed by atoms with van der Waals surface area (Å²) in [7, 11) is 0. The minimum absolute atomic E-state index is 0.0397. The minimum atomic E-state index is -0.156. The molecule has 2 heterocycles. The molecule has 0 radical (unpaired) electrons. The fourth-order valence-corrected chi connectivity index (χ4v) is 3.13. The summed E-state index contributed by atoms with van der Waals surface area (Å²) in [6, 6.07) is 0. The van der Waals surface area contributed by atoms with Gasteiger partial charge in [0.15, 0.2) is 0 Å². The van der Waals surface area contributed by atoms with Gasteiger partial charge in [-0.15, -0.1) is 0 Å². The highest BCUT2D eigenvalue weighted by molar-refractivity contribution is 6.03. The second-order valence-corrected chi connectivity index (χ2v) is 6.53. The molecule has 0 aromatic rings. The van der Waals surface area contributed by atoms with Crippen LogP contribution in [0.4, 0.5) is 0 Å². The van der Waals surface area contributed by atoms with Gasteiger partial charge in [-0.05, 0) is 25.2 Å². The molecule has 5 heteroatoms. The van der Waals surface area contributed by atoms with Crippen LogP contribution in [0.15, 0.2) is 0 Å². The molecule has 3 amide bonds. The monoisotopic (exact) mass is 294 g/mol. The third-order valence-electron chi connectivity index (χ3n) is 4.52. The lowest BCUT2D eigenvalue weighted by molar-refractivity contribution is -0.139. The fourth-order valence-electron chi connectivity index (χ4n) is 3.13. The van der Waals surface area contributed by atoms with Crippen molar-refractivity contribution in [3.63, 3.8) is 0 Å². The number of hydrogen-bond acceptors (Lipinski definition) is 3. The Morgan fingerprint density at radius 2 is 1.95 bits per heavy atom. The van der Waals surface area contributed by atoms with E-state index in [-0.39, 0.29) is 23.6 Å². The van der Waals surface area contributed by atoms with Gasteiger partial charge in [0, 0.05) is 38.4 Å². The van der Waals surface area contributed by atoms with Gasteiger partial charge in [0.1, 0.15) is 0 Å². The first-order chi connectivity index (χ1) is 9.99. The van der Waals surface area contributed by atoms with Crippen molar-refractivity contribution in [1.29, 1.82) is 0 Å². The second-order valence-electron chi connectivity index (χ2n) is 6.53. The average Bonchev–Trinajstić information content (AvgIpc) is 2.96. The lowest BCUT2D eigenvalue weighted by atomic mass is 10.1. The molecule has 2 aliphatic heterocycles. The predicted octanol–water partition coefficient (Wildman–Crippen LogP) is 1.81. The number of carbonyl (C=O) groups is 3. The van der Waals surface area contributed by atoms with E-state index in [1.165, 1.54) is 4.90 Å². The number of nitrogens with zero attached hydrogens (tertiary/aromatic N) is 2. The van der Waals surface area contributed by atoms with Crippen LogP contribution in [0.5, 0.6) is 0 Å². The summed E-state index contributed by atoms with van der Waals surface area (Å²) in [6.45, 7) is 6.29. The van der Waals surface area contributed by atoms with E-state index in [9.17, 15) is 14.4 Å². The summed E-state index contributed by atoms with van der Waals surface area (Å²) in [6.07, 6.45) is 4.59. The van der Waals surface area contributed by atoms with Crippen LogP contribution in [0.1, 0.15) is 52.4 Å². The summed E-state index contributed by atoms with van der Waals surface area (Å²) in [5.74, 6) is 0.637. The summed E-state index contributed by atoms with van der Waals surface area (Å²) >= 11 is 0. The molecule has 0 bridgehead atoms. The Labute approximate surface area is 126 Å². The largest absolute Gasteiger partial charge is 0.342 e. The van der Waals surface area contributed by atoms with Crippen LogP contribution in [0.25, 0.3) is 0 Å². The molecule has 0 saturated carbocycles. The Bertz CT molecular complexity index is 422. The average molecular weight is 294 g/mol. The highest BCUT2D eigenvalue weighted by Crippen LogP contribution is 2.20. The number of carbonyl (C=O) groups excluding carboxylic acids is 3. The van der Waals surface area contributed by atoms with Crippen molar-refractivity contribution in [2.75, 3.05) is 19.6 Å². The third-order valence-corrected chi connectivity index (χ3v) is 4.52. The van der Waals surface area contributed by atoms with Crippen LogP contribution in [-0.2, 0) is 14.4 Å². The zero-order valence-corrected chi connectivity index (χ0v) is 13.1. The molecule has 21 heavy (non-hydrogen) atoms. The molecule has 2 atom stereocenters. The summed E-state index contributed by atoms with van der Waals surface area (Å²) in [4.78, 5) is 38.7. The SMILES string of the molecule is CC1CC(=O)N(CCCCCC(=O)N2CC[C@H](C)C2)C1=O. The Hall–Kier alpha value is -1.39. The van der Waals surface area contributed by atoms with E-state index in [0.717, 1.165) is 38.8 Å². The van der Waals surface area contributed by atoms with E-state index in [0.29, 0.717) is 25.3 Å². The lowest BCUT2D eigenvalue weighted by Crippen LogP contribution is -2.31. The number of rotatable bonds is 6. The van der Waals surface area contributed by atoms with Crippen molar-refractivity contribution in [3.8, 4) is 0 Å². The maximum atomic E-state index is 12.0. The number of likely N-dealkylation sites (tertiary alicyclic amines) is 2. The van der Waals surface area contributed by atoms with Crippen molar-refractivity contribution >= 4 is 17.7 Å². The van der Waals surface area contributed by atoms with E-state index < -0.39 is 0 Å². The van der Waals surface area contributed by atoms with Crippen LogP contribution in [0.3, 0.4) is 0 Å². The lowest BCUT2D eigenvalue weighted by Gasteiger charge is -2.16. The van der Waals surface area contributed by atoms with E-state index in [2.05, 4.69) is 6.92 Å². The first-order valence-corrected chi connectivity index (χ1v) is 8.11. The Balaban J connectivity index is 1.59. The number of hydrogen-bond donors (Lipinski definition) is 0. The topological polar surface area (TPSA) is 57.7 Å². The molecule has 2 aliphatic rings. The highest BCUT2D eigenvalue weighted by atomic mass is 16.2. The van der Waals surface area contributed by atoms with Crippen molar-refractivity contribution < 1.29 is 14.4 Å². The maximum Gasteiger partial charge on any atom is 0.232 e. The van der Waals surface area contributed by atoms with E-state index in [4.69, 9.17) is 0 Å². The Morgan fingerprint density at radius 3 is 2.52 bits per heavy atom. The summed E-state index contributed by atoms with van der Waals surface area (Å²) < 4.78 is 0. The van der Waals surface area contributed by atoms with Crippen LogP contribution < -0.4 is 0 Å². The molecule has 2 saturated heterocycles. The van der Waals surface area contributed by atoms with Gasteiger partial charge in [-0.3, -0.25) is 19.3 Å². The van der Waals surface area contributed by atoms with E-state index in [1.54, 1.807) is 6.92 Å². The molecule has 0 aromatic heterocycles. The van der Waals surface area contributed by atoms with Crippen LogP contribution >= 0.6 is 0 Å². The van der Waals surface area contributed by atoms with Gasteiger partial charge in [0.05, 0.1) is 0 Å². The predicted molar refractivity (Wildman–Crippen MR) is 79.3 cm³/mol. The number of unbranched alkanes of at least 4 members (excludes halogenated alkanes) is 2. The van der Waals surface area contributed by atoms with Crippen LogP contribution in [0.2, 0.25) is 0 Å². The molecule has 0 spiro atoms. The normalized spacial score (nSPS) is 26.0. The van der Waals surface area contributed by atoms with Gasteiger partial charge in [-0.2, -0.15) is 0 Å².